The van der Waals surface area contributed by atoms with Crippen molar-refractivity contribution in [2.24, 2.45) is 17.3 Å². The molecule has 1 aliphatic heterocycles. The first-order valence-corrected chi connectivity index (χ1v) is 9.61. The molecule has 0 saturated heterocycles. The van der Waals surface area contributed by atoms with Crippen molar-refractivity contribution in [1.29, 1.82) is 0 Å². The standard InChI is InChI=1S/C21H31NO3/c1-15-13-17-9-8-16-7-5-11-22(19(24)25-20(2,3)4)12-6-10-21(16,17)18(23)14-15/h5,7-8,15,17H,6,9-14H2,1-4H3/b7-5-/t15?,17?,21-/m1/s1. The van der Waals surface area contributed by atoms with E-state index in [2.05, 4.69) is 19.1 Å². The molecule has 2 unspecified atom stereocenters. The Hall–Kier alpha value is -1.58. The maximum atomic E-state index is 13.0. The van der Waals surface area contributed by atoms with E-state index in [1.807, 2.05) is 26.8 Å². The highest BCUT2D eigenvalue weighted by molar-refractivity contribution is 5.90. The fraction of sp³-hybridized carbons (Fsp3) is 0.714. The summed E-state index contributed by atoms with van der Waals surface area (Å²) in [6.45, 7) is 9.03. The lowest BCUT2D eigenvalue weighted by atomic mass is 9.60. The fourth-order valence-corrected chi connectivity index (χ4v) is 4.79. The smallest absolute Gasteiger partial charge is 0.410 e. The number of carbonyl (C=O) groups excluding carboxylic acids is 2. The van der Waals surface area contributed by atoms with Gasteiger partial charge in [-0.1, -0.05) is 25.2 Å². The number of nitrogens with zero attached hydrogens (tertiary/aromatic N) is 1. The monoisotopic (exact) mass is 345 g/mol. The van der Waals surface area contributed by atoms with Crippen LogP contribution in [-0.4, -0.2) is 35.5 Å². The van der Waals surface area contributed by atoms with Gasteiger partial charge in [-0.15, -0.1) is 0 Å². The van der Waals surface area contributed by atoms with E-state index in [1.54, 1.807) is 4.90 Å². The number of Topliss-reactive ketones (excluding diaryl/α,β-unsaturated/α-hetero) is 1. The summed E-state index contributed by atoms with van der Waals surface area (Å²) in [5.41, 5.74) is 0.408. The van der Waals surface area contributed by atoms with Crippen molar-refractivity contribution in [3.05, 3.63) is 23.8 Å². The van der Waals surface area contributed by atoms with Crippen molar-refractivity contribution >= 4 is 11.9 Å². The first-order valence-electron chi connectivity index (χ1n) is 9.61. The van der Waals surface area contributed by atoms with Crippen LogP contribution in [0.15, 0.2) is 23.8 Å². The predicted molar refractivity (Wildman–Crippen MR) is 98.2 cm³/mol. The average molecular weight is 345 g/mol. The summed E-state index contributed by atoms with van der Waals surface area (Å²) >= 11 is 0. The molecular weight excluding hydrogens is 314 g/mol. The van der Waals surface area contributed by atoms with E-state index in [0.717, 1.165) is 25.7 Å². The molecule has 3 aliphatic rings. The number of rotatable bonds is 0. The van der Waals surface area contributed by atoms with Gasteiger partial charge in [-0.2, -0.15) is 0 Å². The molecule has 4 heteroatoms. The minimum absolute atomic E-state index is 0.268. The molecule has 1 spiro atoms. The van der Waals surface area contributed by atoms with Gasteiger partial charge in [0, 0.05) is 19.5 Å². The van der Waals surface area contributed by atoms with Gasteiger partial charge < -0.3 is 9.64 Å². The summed E-state index contributed by atoms with van der Waals surface area (Å²) in [5.74, 6) is 1.34. The molecule has 1 heterocycles. The van der Waals surface area contributed by atoms with Gasteiger partial charge in [0.15, 0.2) is 0 Å². The summed E-state index contributed by atoms with van der Waals surface area (Å²) < 4.78 is 5.52. The maximum absolute atomic E-state index is 13.0. The third-order valence-electron chi connectivity index (χ3n) is 5.83. The van der Waals surface area contributed by atoms with Crippen molar-refractivity contribution in [3.8, 4) is 0 Å². The first kappa shape index (κ1) is 18.2. The van der Waals surface area contributed by atoms with E-state index in [-0.39, 0.29) is 11.5 Å². The van der Waals surface area contributed by atoms with E-state index < -0.39 is 5.60 Å². The van der Waals surface area contributed by atoms with Gasteiger partial charge in [0.2, 0.25) is 0 Å². The van der Waals surface area contributed by atoms with Crippen LogP contribution >= 0.6 is 0 Å². The molecular formula is C21H31NO3. The van der Waals surface area contributed by atoms with Crippen molar-refractivity contribution in [1.82, 2.24) is 4.90 Å². The lowest BCUT2D eigenvalue weighted by Crippen LogP contribution is -2.43. The minimum atomic E-state index is -0.489. The Morgan fingerprint density at radius 3 is 2.84 bits per heavy atom. The molecule has 0 aromatic rings. The molecule has 0 radical (unpaired) electrons. The molecule has 1 saturated carbocycles. The number of amides is 1. The second kappa shape index (κ2) is 6.62. The van der Waals surface area contributed by atoms with Gasteiger partial charge in [-0.05, 0) is 63.9 Å². The van der Waals surface area contributed by atoms with E-state index in [0.29, 0.717) is 37.1 Å². The van der Waals surface area contributed by atoms with Gasteiger partial charge in [0.1, 0.15) is 11.4 Å². The van der Waals surface area contributed by atoms with E-state index >= 15 is 0 Å². The van der Waals surface area contributed by atoms with Crippen LogP contribution in [0.1, 0.15) is 59.8 Å². The zero-order valence-electron chi connectivity index (χ0n) is 16.0. The predicted octanol–water partition coefficient (Wildman–Crippen LogP) is 4.51. The number of ketones is 1. The molecule has 25 heavy (non-hydrogen) atoms. The van der Waals surface area contributed by atoms with Crippen LogP contribution in [0.25, 0.3) is 0 Å². The molecule has 0 bridgehead atoms. The van der Waals surface area contributed by atoms with Crippen LogP contribution < -0.4 is 0 Å². The lowest BCUT2D eigenvalue weighted by molar-refractivity contribution is -0.133. The second-order valence-electron chi connectivity index (χ2n) is 8.96. The Morgan fingerprint density at radius 2 is 2.12 bits per heavy atom. The molecule has 0 aromatic heterocycles. The molecule has 1 amide bonds. The molecule has 3 atom stereocenters. The molecule has 1 fully saturated rings. The molecule has 2 aliphatic carbocycles. The first-order chi connectivity index (χ1) is 11.7. The Balaban J connectivity index is 1.78. The van der Waals surface area contributed by atoms with E-state index in [1.165, 1.54) is 5.57 Å². The van der Waals surface area contributed by atoms with Gasteiger partial charge in [-0.3, -0.25) is 4.79 Å². The van der Waals surface area contributed by atoms with Crippen LogP contribution in [0, 0.1) is 17.3 Å². The number of hydrogen-bond acceptors (Lipinski definition) is 3. The Labute approximate surface area is 151 Å². The third-order valence-corrected chi connectivity index (χ3v) is 5.83. The number of ether oxygens (including phenoxy) is 1. The summed E-state index contributed by atoms with van der Waals surface area (Å²) in [4.78, 5) is 27.2. The zero-order valence-corrected chi connectivity index (χ0v) is 16.0. The summed E-state index contributed by atoms with van der Waals surface area (Å²) in [7, 11) is 0. The lowest BCUT2D eigenvalue weighted by Gasteiger charge is -2.42. The second-order valence-corrected chi connectivity index (χ2v) is 8.96. The number of carbonyl (C=O) groups is 2. The zero-order chi connectivity index (χ0) is 18.2. The van der Waals surface area contributed by atoms with Crippen molar-refractivity contribution in [3.63, 3.8) is 0 Å². The quantitative estimate of drug-likeness (QED) is 0.649. The van der Waals surface area contributed by atoms with Crippen molar-refractivity contribution < 1.29 is 14.3 Å². The van der Waals surface area contributed by atoms with Crippen molar-refractivity contribution in [2.75, 3.05) is 13.1 Å². The van der Waals surface area contributed by atoms with Gasteiger partial charge in [0.05, 0.1) is 5.41 Å². The van der Waals surface area contributed by atoms with Crippen molar-refractivity contribution in [2.45, 2.75) is 65.4 Å². The molecule has 138 valence electrons. The Bertz CT molecular complexity index is 613. The molecule has 0 aromatic carbocycles. The minimum Gasteiger partial charge on any atom is -0.444 e. The number of allylic oxidation sites excluding steroid dienone is 3. The Morgan fingerprint density at radius 1 is 1.36 bits per heavy atom. The molecule has 3 rings (SSSR count). The van der Waals surface area contributed by atoms with Gasteiger partial charge in [-0.25, -0.2) is 4.79 Å². The highest BCUT2D eigenvalue weighted by Crippen LogP contribution is 2.55. The van der Waals surface area contributed by atoms with Crippen LogP contribution in [0.2, 0.25) is 0 Å². The fourth-order valence-electron chi connectivity index (χ4n) is 4.79. The van der Waals surface area contributed by atoms with Gasteiger partial charge >= 0.3 is 6.09 Å². The summed E-state index contributed by atoms with van der Waals surface area (Å²) in [6, 6.07) is 0. The average Bonchev–Trinajstić information content (AvgIpc) is 2.86. The normalized spacial score (nSPS) is 34.2. The molecule has 4 nitrogen and oxygen atoms in total. The Kier molecular flexibility index (Phi) is 4.82. The topological polar surface area (TPSA) is 46.6 Å². The van der Waals surface area contributed by atoms with E-state index in [9.17, 15) is 9.59 Å². The highest BCUT2D eigenvalue weighted by atomic mass is 16.6. The van der Waals surface area contributed by atoms with Crippen LogP contribution in [0.3, 0.4) is 0 Å². The highest BCUT2D eigenvalue weighted by Gasteiger charge is 2.52. The molecule has 0 N–H and O–H groups in total. The van der Waals surface area contributed by atoms with Gasteiger partial charge in [0.25, 0.3) is 0 Å². The SMILES string of the molecule is CC1CC(=O)[C@]23CCCN(C(=O)OC(C)(C)C)C/C=C\C2=CCC3C1. The summed E-state index contributed by atoms with van der Waals surface area (Å²) in [6.07, 6.45) is 10.6. The van der Waals surface area contributed by atoms with Crippen LogP contribution in [0.4, 0.5) is 4.79 Å². The van der Waals surface area contributed by atoms with Crippen LogP contribution in [-0.2, 0) is 9.53 Å². The van der Waals surface area contributed by atoms with E-state index in [4.69, 9.17) is 4.74 Å². The third kappa shape index (κ3) is 3.54. The largest absolute Gasteiger partial charge is 0.444 e. The number of hydrogen-bond donors (Lipinski definition) is 0. The maximum Gasteiger partial charge on any atom is 0.410 e. The summed E-state index contributed by atoms with van der Waals surface area (Å²) in [5, 5.41) is 0. The van der Waals surface area contributed by atoms with Crippen LogP contribution in [0.5, 0.6) is 0 Å².